The van der Waals surface area contributed by atoms with Crippen LogP contribution >= 0.6 is 0 Å². The van der Waals surface area contributed by atoms with Crippen LogP contribution in [0.15, 0.2) is 48.8 Å². The molecule has 1 unspecified atom stereocenters. The molecule has 122 valence electrons. The summed E-state index contributed by atoms with van der Waals surface area (Å²) < 4.78 is 10.5. The zero-order valence-electron chi connectivity index (χ0n) is 13.3. The van der Waals surface area contributed by atoms with Crippen molar-refractivity contribution in [3.63, 3.8) is 0 Å². The highest BCUT2D eigenvalue weighted by molar-refractivity contribution is 5.89. The first-order chi connectivity index (χ1) is 11.2. The molecule has 2 amide bonds. The smallest absolute Gasteiger partial charge is 0.319 e. The molecule has 0 spiro atoms. The maximum Gasteiger partial charge on any atom is 0.319 e. The number of methoxy groups -OCH3 is 1. The molecule has 2 rings (SSSR count). The van der Waals surface area contributed by atoms with E-state index in [9.17, 15) is 4.79 Å². The molecule has 0 saturated heterocycles. The van der Waals surface area contributed by atoms with Gasteiger partial charge in [0.15, 0.2) is 0 Å². The lowest BCUT2D eigenvalue weighted by Gasteiger charge is -2.15. The number of nitrogens with one attached hydrogen (secondary N) is 2. The second-order valence-electron chi connectivity index (χ2n) is 4.97. The molecule has 6 nitrogen and oxygen atoms in total. The first kappa shape index (κ1) is 16.8. The molecule has 0 aliphatic carbocycles. The van der Waals surface area contributed by atoms with Gasteiger partial charge in [0.2, 0.25) is 0 Å². The summed E-state index contributed by atoms with van der Waals surface area (Å²) in [5.74, 6) is 0.682. The molecule has 2 aromatic rings. The molecular formula is C17H21N3O3. The van der Waals surface area contributed by atoms with Crippen LogP contribution in [0.3, 0.4) is 0 Å². The van der Waals surface area contributed by atoms with Gasteiger partial charge in [-0.1, -0.05) is 6.07 Å². The first-order valence-electron chi connectivity index (χ1n) is 7.38. The van der Waals surface area contributed by atoms with E-state index < -0.39 is 0 Å². The van der Waals surface area contributed by atoms with E-state index in [1.54, 1.807) is 31.6 Å². The van der Waals surface area contributed by atoms with E-state index in [0.29, 0.717) is 24.7 Å². The number of pyridine rings is 1. The Balaban J connectivity index is 1.88. The minimum atomic E-state index is -0.275. The topological polar surface area (TPSA) is 72.5 Å². The van der Waals surface area contributed by atoms with Crippen molar-refractivity contribution >= 4 is 11.7 Å². The van der Waals surface area contributed by atoms with Crippen molar-refractivity contribution in [2.45, 2.75) is 13.0 Å². The molecule has 1 atom stereocenters. The number of hydrogen-bond donors (Lipinski definition) is 2. The fraction of sp³-hybridized carbons (Fsp3) is 0.294. The Morgan fingerprint density at radius 2 is 2.00 bits per heavy atom. The maximum absolute atomic E-state index is 12.1. The van der Waals surface area contributed by atoms with Crippen LogP contribution in [-0.4, -0.2) is 31.3 Å². The third-order valence-electron chi connectivity index (χ3n) is 3.20. The van der Waals surface area contributed by atoms with E-state index in [2.05, 4.69) is 15.6 Å². The Morgan fingerprint density at radius 3 is 2.74 bits per heavy atom. The van der Waals surface area contributed by atoms with Gasteiger partial charge >= 0.3 is 6.03 Å². The first-order valence-corrected chi connectivity index (χ1v) is 7.38. The lowest BCUT2D eigenvalue weighted by Crippen LogP contribution is -2.31. The van der Waals surface area contributed by atoms with E-state index in [1.807, 2.05) is 31.2 Å². The molecule has 0 aliphatic rings. The summed E-state index contributed by atoms with van der Waals surface area (Å²) in [5.41, 5.74) is 1.66. The summed E-state index contributed by atoms with van der Waals surface area (Å²) in [6, 6.07) is 10.6. The number of carbonyl (C=O) groups is 1. The van der Waals surface area contributed by atoms with Gasteiger partial charge in [-0.3, -0.25) is 4.98 Å². The number of aromatic nitrogens is 1. The molecule has 1 aromatic heterocycles. The lowest BCUT2D eigenvalue weighted by atomic mass is 10.1. The van der Waals surface area contributed by atoms with E-state index >= 15 is 0 Å². The Hall–Kier alpha value is -2.60. The third kappa shape index (κ3) is 5.60. The SMILES string of the molecule is COCCOc1cccc(NC(=O)NC(C)c2ccncc2)c1. The average molecular weight is 315 g/mol. The number of urea groups is 1. The van der Waals surface area contributed by atoms with Crippen LogP contribution in [0.4, 0.5) is 10.5 Å². The minimum absolute atomic E-state index is 0.112. The predicted octanol–water partition coefficient (Wildman–Crippen LogP) is 2.99. The molecule has 0 aliphatic heterocycles. The lowest BCUT2D eigenvalue weighted by molar-refractivity contribution is 0.146. The van der Waals surface area contributed by atoms with Crippen molar-refractivity contribution in [2.75, 3.05) is 25.6 Å². The summed E-state index contributed by atoms with van der Waals surface area (Å²) in [6.45, 7) is 2.89. The molecule has 2 N–H and O–H groups in total. The summed E-state index contributed by atoms with van der Waals surface area (Å²) in [6.07, 6.45) is 3.40. The van der Waals surface area contributed by atoms with Gasteiger partial charge in [-0.25, -0.2) is 4.79 Å². The van der Waals surface area contributed by atoms with Gasteiger partial charge in [-0.15, -0.1) is 0 Å². The van der Waals surface area contributed by atoms with Crippen molar-refractivity contribution < 1.29 is 14.3 Å². The molecule has 1 heterocycles. The molecular weight excluding hydrogens is 294 g/mol. The fourth-order valence-electron chi connectivity index (χ4n) is 2.01. The van der Waals surface area contributed by atoms with E-state index in [1.165, 1.54) is 0 Å². The molecule has 0 saturated carbocycles. The highest BCUT2D eigenvalue weighted by Crippen LogP contribution is 2.17. The number of ether oxygens (including phenoxy) is 2. The molecule has 0 radical (unpaired) electrons. The molecule has 1 aromatic carbocycles. The number of rotatable bonds is 7. The van der Waals surface area contributed by atoms with E-state index in [-0.39, 0.29) is 12.1 Å². The Morgan fingerprint density at radius 1 is 1.22 bits per heavy atom. The summed E-state index contributed by atoms with van der Waals surface area (Å²) in [5, 5.41) is 5.67. The van der Waals surface area contributed by atoms with Crippen molar-refractivity contribution in [3.8, 4) is 5.75 Å². The number of benzene rings is 1. The van der Waals surface area contributed by atoms with E-state index in [4.69, 9.17) is 9.47 Å². The second-order valence-corrected chi connectivity index (χ2v) is 4.97. The molecule has 6 heteroatoms. The van der Waals surface area contributed by atoms with Crippen LogP contribution in [0, 0.1) is 0 Å². The van der Waals surface area contributed by atoms with Gasteiger partial charge in [0.25, 0.3) is 0 Å². The normalized spacial score (nSPS) is 11.6. The fourth-order valence-corrected chi connectivity index (χ4v) is 2.01. The zero-order valence-corrected chi connectivity index (χ0v) is 13.3. The van der Waals surface area contributed by atoms with Gasteiger partial charge in [0.05, 0.1) is 12.6 Å². The standard InChI is InChI=1S/C17H21N3O3/c1-13(14-6-8-18-9-7-14)19-17(21)20-15-4-3-5-16(12-15)23-11-10-22-2/h3-9,12-13H,10-11H2,1-2H3,(H2,19,20,21). The van der Waals surface area contributed by atoms with Gasteiger partial charge in [-0.05, 0) is 36.8 Å². The van der Waals surface area contributed by atoms with Gasteiger partial charge < -0.3 is 20.1 Å². The van der Waals surface area contributed by atoms with E-state index in [0.717, 1.165) is 5.56 Å². The van der Waals surface area contributed by atoms with Crippen LogP contribution in [0.2, 0.25) is 0 Å². The Bertz CT molecular complexity index is 619. The van der Waals surface area contributed by atoms with Gasteiger partial charge in [0, 0.05) is 31.3 Å². The predicted molar refractivity (Wildman–Crippen MR) is 88.6 cm³/mol. The highest BCUT2D eigenvalue weighted by atomic mass is 16.5. The highest BCUT2D eigenvalue weighted by Gasteiger charge is 2.09. The quantitative estimate of drug-likeness (QED) is 0.770. The number of anilines is 1. The summed E-state index contributed by atoms with van der Waals surface area (Å²) >= 11 is 0. The van der Waals surface area contributed by atoms with Crippen LogP contribution < -0.4 is 15.4 Å². The van der Waals surface area contributed by atoms with Crippen LogP contribution in [0.25, 0.3) is 0 Å². The van der Waals surface area contributed by atoms with Gasteiger partial charge in [0.1, 0.15) is 12.4 Å². The number of nitrogens with zero attached hydrogens (tertiary/aromatic N) is 1. The molecule has 23 heavy (non-hydrogen) atoms. The average Bonchev–Trinajstić information content (AvgIpc) is 2.56. The largest absolute Gasteiger partial charge is 0.491 e. The third-order valence-corrected chi connectivity index (χ3v) is 3.20. The monoisotopic (exact) mass is 315 g/mol. The van der Waals surface area contributed by atoms with Crippen molar-refractivity contribution in [3.05, 3.63) is 54.4 Å². The minimum Gasteiger partial charge on any atom is -0.491 e. The number of amides is 2. The molecule has 0 fully saturated rings. The van der Waals surface area contributed by atoms with Crippen LogP contribution in [-0.2, 0) is 4.74 Å². The summed E-state index contributed by atoms with van der Waals surface area (Å²) in [4.78, 5) is 16.0. The second kappa shape index (κ2) is 8.75. The van der Waals surface area contributed by atoms with Gasteiger partial charge in [-0.2, -0.15) is 0 Å². The Kier molecular flexibility index (Phi) is 6.38. The van der Waals surface area contributed by atoms with Crippen LogP contribution in [0.1, 0.15) is 18.5 Å². The van der Waals surface area contributed by atoms with Crippen molar-refractivity contribution in [2.24, 2.45) is 0 Å². The van der Waals surface area contributed by atoms with Crippen LogP contribution in [0.5, 0.6) is 5.75 Å². The summed E-state index contributed by atoms with van der Waals surface area (Å²) in [7, 11) is 1.62. The maximum atomic E-state index is 12.1. The number of hydrogen-bond acceptors (Lipinski definition) is 4. The number of carbonyl (C=O) groups excluding carboxylic acids is 1. The van der Waals surface area contributed by atoms with Crippen molar-refractivity contribution in [1.82, 2.24) is 10.3 Å². The zero-order chi connectivity index (χ0) is 16.5. The van der Waals surface area contributed by atoms with Crippen molar-refractivity contribution in [1.29, 1.82) is 0 Å². The molecule has 0 bridgehead atoms. The Labute approximate surface area is 135 Å².